The minimum atomic E-state index is -0.417. The zero-order chi connectivity index (χ0) is 24.9. The summed E-state index contributed by atoms with van der Waals surface area (Å²) >= 11 is 3.33. The minimum Gasteiger partial charge on any atom is -0.450 e. The van der Waals surface area contributed by atoms with E-state index in [-0.39, 0.29) is 19.0 Å². The Morgan fingerprint density at radius 3 is 2.34 bits per heavy atom. The third-order valence-electron chi connectivity index (χ3n) is 5.97. The fourth-order valence-corrected chi connectivity index (χ4v) is 5.11. The molecular weight excluding hydrogens is 478 g/mol. The molecule has 2 aliphatic heterocycles. The van der Waals surface area contributed by atoms with Gasteiger partial charge in [-0.3, -0.25) is 4.90 Å². The van der Waals surface area contributed by atoms with E-state index in [0.717, 1.165) is 32.1 Å². The first-order valence-corrected chi connectivity index (χ1v) is 13.6. The molecule has 2 heterocycles. The van der Waals surface area contributed by atoms with Crippen LogP contribution in [0, 0.1) is 11.3 Å². The van der Waals surface area contributed by atoms with E-state index in [0.29, 0.717) is 17.9 Å². The van der Waals surface area contributed by atoms with Gasteiger partial charge in [0.1, 0.15) is 17.4 Å². The molecule has 2 aromatic rings. The highest BCUT2D eigenvalue weighted by Gasteiger charge is 2.39. The Hall–Kier alpha value is -3.28. The summed E-state index contributed by atoms with van der Waals surface area (Å²) in [5.74, 6) is 0.299. The van der Waals surface area contributed by atoms with Crippen LogP contribution in [0.3, 0.4) is 0 Å². The van der Waals surface area contributed by atoms with Crippen molar-refractivity contribution in [1.29, 1.82) is 5.26 Å². The third-order valence-corrected chi connectivity index (χ3v) is 7.46. The maximum Gasteiger partial charge on any atom is 0.410 e. The summed E-state index contributed by atoms with van der Waals surface area (Å²) < 4.78 is 11.4. The zero-order valence-corrected chi connectivity index (χ0v) is 21.5. The highest BCUT2D eigenvalue weighted by atomic mass is 32.2. The number of amides is 1. The second kappa shape index (κ2) is 11.0. The minimum absolute atomic E-state index is 0.0957. The van der Waals surface area contributed by atoms with Gasteiger partial charge >= 0.3 is 6.09 Å². The first-order chi connectivity index (χ1) is 17.0. The second-order valence-electron chi connectivity index (χ2n) is 8.05. The Morgan fingerprint density at radius 2 is 1.77 bits per heavy atom. The lowest BCUT2D eigenvalue weighted by Crippen LogP contribution is -2.41. The van der Waals surface area contributed by atoms with Gasteiger partial charge in [0.2, 0.25) is 5.88 Å². The van der Waals surface area contributed by atoms with Crippen molar-refractivity contribution in [1.82, 2.24) is 4.90 Å². The van der Waals surface area contributed by atoms with Gasteiger partial charge in [-0.2, -0.15) is 5.26 Å². The molecule has 0 radical (unpaired) electrons. The molecule has 0 aliphatic carbocycles. The van der Waals surface area contributed by atoms with Crippen LogP contribution in [-0.2, 0) is 9.47 Å². The fraction of sp³-hybridized carbons (Fsp3) is 0.259. The van der Waals surface area contributed by atoms with E-state index in [1.165, 1.54) is 0 Å². The van der Waals surface area contributed by atoms with Crippen LogP contribution in [0.4, 0.5) is 4.79 Å². The number of hydrogen-bond acceptors (Lipinski definition) is 7. The Balaban J connectivity index is 1.85. The molecule has 180 valence electrons. The number of allylic oxidation sites excluding steroid dienone is 1. The molecule has 0 spiro atoms. The topological polar surface area (TPSA) is 88.6 Å². The monoisotopic (exact) mass is 505 g/mol. The molecule has 1 amide bonds. The van der Waals surface area contributed by atoms with Crippen molar-refractivity contribution >= 4 is 35.7 Å². The van der Waals surface area contributed by atoms with Crippen molar-refractivity contribution in [2.45, 2.75) is 22.6 Å². The molecule has 4 rings (SSSR count). The van der Waals surface area contributed by atoms with Crippen LogP contribution in [0.2, 0.25) is 0 Å². The van der Waals surface area contributed by atoms with E-state index in [4.69, 9.17) is 15.2 Å². The SMILES string of the molecule is CCOC(=O)N1CC2=C(OC(N)=C(C#N)C2c2ccc(SC)cc2)/C(=C/c2ccc(SC)cc2)C1. The first-order valence-electron chi connectivity index (χ1n) is 11.2. The van der Waals surface area contributed by atoms with Gasteiger partial charge in [0, 0.05) is 20.9 Å². The van der Waals surface area contributed by atoms with Crippen LogP contribution >= 0.6 is 23.5 Å². The number of ether oxygens (including phenoxy) is 2. The first kappa shape index (κ1) is 24.8. The lowest BCUT2D eigenvalue weighted by Gasteiger charge is -2.37. The predicted molar refractivity (Wildman–Crippen MR) is 141 cm³/mol. The Labute approximate surface area is 214 Å². The summed E-state index contributed by atoms with van der Waals surface area (Å²) in [5, 5.41) is 9.98. The van der Waals surface area contributed by atoms with Gasteiger partial charge in [-0.1, -0.05) is 24.3 Å². The van der Waals surface area contributed by atoms with E-state index in [1.54, 1.807) is 35.3 Å². The number of nitrogens with zero attached hydrogens (tertiary/aromatic N) is 2. The van der Waals surface area contributed by atoms with Crippen molar-refractivity contribution in [3.8, 4) is 6.07 Å². The molecule has 8 heteroatoms. The Morgan fingerprint density at radius 1 is 1.14 bits per heavy atom. The number of thioether (sulfide) groups is 2. The van der Waals surface area contributed by atoms with Crippen LogP contribution in [0.5, 0.6) is 0 Å². The summed E-state index contributed by atoms with van der Waals surface area (Å²) in [6.07, 6.45) is 5.65. The standard InChI is InChI=1S/C27H27N3O3S2/c1-4-32-27(31)30-15-19(13-17-5-9-20(34-2)10-6-17)25-23(16-30)24(22(14-28)26(29)33-25)18-7-11-21(35-3)12-8-18/h5-13,24H,4,15-16,29H2,1-3H3/b19-13+. The molecule has 1 unspecified atom stereocenters. The molecule has 2 aromatic carbocycles. The van der Waals surface area contributed by atoms with Crippen LogP contribution < -0.4 is 5.73 Å². The molecule has 1 atom stereocenters. The van der Waals surface area contributed by atoms with E-state index in [9.17, 15) is 10.1 Å². The maximum absolute atomic E-state index is 12.8. The molecule has 2 N–H and O–H groups in total. The second-order valence-corrected chi connectivity index (χ2v) is 9.81. The predicted octanol–water partition coefficient (Wildman–Crippen LogP) is 5.75. The number of nitriles is 1. The van der Waals surface area contributed by atoms with Crippen molar-refractivity contribution < 1.29 is 14.3 Å². The summed E-state index contributed by atoms with van der Waals surface area (Å²) in [6, 6.07) is 18.5. The lowest BCUT2D eigenvalue weighted by molar-refractivity contribution is 0.109. The molecule has 0 saturated carbocycles. The van der Waals surface area contributed by atoms with Crippen molar-refractivity contribution in [2.24, 2.45) is 5.73 Å². The molecule has 35 heavy (non-hydrogen) atoms. The summed E-state index contributed by atoms with van der Waals surface area (Å²) in [6.45, 7) is 2.66. The zero-order valence-electron chi connectivity index (χ0n) is 19.9. The molecule has 0 aromatic heterocycles. The molecule has 0 saturated heterocycles. The normalized spacial score (nSPS) is 18.7. The fourth-order valence-electron chi connectivity index (χ4n) is 4.29. The Bertz CT molecular complexity index is 1240. The van der Waals surface area contributed by atoms with Gasteiger partial charge in [-0.05, 0) is 60.9 Å². The number of carbonyl (C=O) groups excluding carboxylic acids is 1. The Kier molecular flexibility index (Phi) is 7.79. The lowest BCUT2D eigenvalue weighted by atomic mass is 9.80. The highest BCUT2D eigenvalue weighted by molar-refractivity contribution is 7.98. The average Bonchev–Trinajstić information content (AvgIpc) is 2.88. The van der Waals surface area contributed by atoms with Crippen molar-refractivity contribution in [2.75, 3.05) is 32.2 Å². The van der Waals surface area contributed by atoms with E-state index >= 15 is 0 Å². The number of rotatable bonds is 5. The van der Waals surface area contributed by atoms with Crippen molar-refractivity contribution in [3.63, 3.8) is 0 Å². The van der Waals surface area contributed by atoms with E-state index in [2.05, 4.69) is 18.2 Å². The average molecular weight is 506 g/mol. The van der Waals surface area contributed by atoms with Crippen molar-refractivity contribution in [3.05, 3.63) is 88.0 Å². The van der Waals surface area contributed by atoms with Gasteiger partial charge in [0.25, 0.3) is 0 Å². The van der Waals surface area contributed by atoms with Crippen LogP contribution in [-0.4, -0.2) is 43.2 Å². The molecule has 2 aliphatic rings. The van der Waals surface area contributed by atoms with E-state index < -0.39 is 12.0 Å². The molecular formula is C27H27N3O3S2. The highest BCUT2D eigenvalue weighted by Crippen LogP contribution is 2.44. The summed E-state index contributed by atoms with van der Waals surface area (Å²) in [7, 11) is 0. The molecule has 6 nitrogen and oxygen atoms in total. The smallest absolute Gasteiger partial charge is 0.410 e. The maximum atomic E-state index is 12.8. The van der Waals surface area contributed by atoms with Gasteiger partial charge < -0.3 is 15.2 Å². The van der Waals surface area contributed by atoms with Crippen LogP contribution in [0.25, 0.3) is 6.08 Å². The molecule has 0 bridgehead atoms. The van der Waals surface area contributed by atoms with E-state index in [1.807, 2.05) is 55.0 Å². The summed E-state index contributed by atoms with van der Waals surface area (Å²) in [4.78, 5) is 16.7. The molecule has 0 fully saturated rings. The largest absolute Gasteiger partial charge is 0.450 e. The van der Waals surface area contributed by atoms with Crippen LogP contribution in [0.1, 0.15) is 24.0 Å². The number of nitrogens with two attached hydrogens (primary N) is 1. The summed E-state index contributed by atoms with van der Waals surface area (Å²) in [5.41, 5.74) is 10.1. The van der Waals surface area contributed by atoms with Gasteiger partial charge in [-0.15, -0.1) is 23.5 Å². The van der Waals surface area contributed by atoms with Gasteiger partial charge in [0.05, 0.1) is 25.6 Å². The third kappa shape index (κ3) is 5.21. The number of carbonyl (C=O) groups is 1. The quantitative estimate of drug-likeness (QED) is 0.518. The van der Waals surface area contributed by atoms with Gasteiger partial charge in [-0.25, -0.2) is 4.79 Å². The number of benzene rings is 2. The van der Waals surface area contributed by atoms with Gasteiger partial charge in [0.15, 0.2) is 0 Å². The van der Waals surface area contributed by atoms with Crippen LogP contribution in [0.15, 0.2) is 86.7 Å². The number of hydrogen-bond donors (Lipinski definition) is 1.